The Morgan fingerprint density at radius 2 is 1.93 bits per heavy atom. The van der Waals surface area contributed by atoms with Crippen LogP contribution in [-0.2, 0) is 11.2 Å². The summed E-state index contributed by atoms with van der Waals surface area (Å²) in [7, 11) is 3.20. The third-order valence-electron chi connectivity index (χ3n) is 5.62. The summed E-state index contributed by atoms with van der Waals surface area (Å²) in [6.45, 7) is 0.742. The predicted octanol–water partition coefficient (Wildman–Crippen LogP) is 3.79. The van der Waals surface area contributed by atoms with Crippen molar-refractivity contribution in [3.8, 4) is 22.6 Å². The molecule has 3 heterocycles. The zero-order valence-electron chi connectivity index (χ0n) is 17.3. The molecule has 0 radical (unpaired) electrons. The molecule has 4 rings (SSSR count). The van der Waals surface area contributed by atoms with Crippen molar-refractivity contribution in [1.29, 1.82) is 0 Å². The summed E-state index contributed by atoms with van der Waals surface area (Å²) in [6, 6.07) is 9.54. The average Bonchev–Trinajstić information content (AvgIpc) is 3.29. The highest BCUT2D eigenvalue weighted by Crippen LogP contribution is 2.36. The number of amides is 1. The Hall–Kier alpha value is -3.35. The third-order valence-corrected chi connectivity index (χ3v) is 5.62. The fourth-order valence-electron chi connectivity index (χ4n) is 4.11. The minimum Gasteiger partial charge on any atom is -0.493 e. The molecule has 1 amide bonds. The number of carbonyl (C=O) groups is 1. The van der Waals surface area contributed by atoms with E-state index in [1.807, 2.05) is 41.4 Å². The van der Waals surface area contributed by atoms with Crippen LogP contribution in [0, 0.1) is 0 Å². The van der Waals surface area contributed by atoms with Crippen LogP contribution < -0.4 is 9.47 Å². The van der Waals surface area contributed by atoms with Gasteiger partial charge in [-0.05, 0) is 54.7 Å². The first-order chi connectivity index (χ1) is 14.7. The van der Waals surface area contributed by atoms with Gasteiger partial charge >= 0.3 is 0 Å². The van der Waals surface area contributed by atoms with E-state index >= 15 is 0 Å². The van der Waals surface area contributed by atoms with E-state index in [0.29, 0.717) is 17.9 Å². The first-order valence-corrected chi connectivity index (χ1v) is 10.1. The molecule has 156 valence electrons. The summed E-state index contributed by atoms with van der Waals surface area (Å²) in [4.78, 5) is 19.4. The van der Waals surface area contributed by atoms with Crippen LogP contribution in [0.15, 0.2) is 48.9 Å². The Morgan fingerprint density at radius 3 is 2.70 bits per heavy atom. The number of piperidine rings is 1. The SMILES string of the molecule is COc1ccc(CC(=O)N2CCCC[C@H]2c2[nH]ncc2-c2ccncc2)cc1OC. The van der Waals surface area contributed by atoms with Crippen molar-refractivity contribution in [1.82, 2.24) is 20.1 Å². The van der Waals surface area contributed by atoms with E-state index in [0.717, 1.165) is 48.2 Å². The second-order valence-corrected chi connectivity index (χ2v) is 7.40. The minimum absolute atomic E-state index is 0.0166. The van der Waals surface area contributed by atoms with Gasteiger partial charge in [0.05, 0.1) is 38.6 Å². The molecular weight excluding hydrogens is 380 g/mol. The number of H-pyrrole nitrogens is 1. The van der Waals surface area contributed by atoms with E-state index < -0.39 is 0 Å². The monoisotopic (exact) mass is 406 g/mol. The quantitative estimate of drug-likeness (QED) is 0.674. The first-order valence-electron chi connectivity index (χ1n) is 10.1. The standard InChI is InChI=1S/C23H26N4O3/c1-29-20-7-6-16(13-21(20)30-2)14-22(28)27-12-4-3-5-19(27)23-18(15-25-26-23)17-8-10-24-11-9-17/h6-11,13,15,19H,3-5,12,14H2,1-2H3,(H,25,26)/t19-/m0/s1. The lowest BCUT2D eigenvalue weighted by molar-refractivity contribution is -0.134. The molecule has 2 aromatic heterocycles. The molecule has 1 aliphatic heterocycles. The summed E-state index contributed by atoms with van der Waals surface area (Å²) < 4.78 is 10.7. The molecule has 1 atom stereocenters. The topological polar surface area (TPSA) is 80.3 Å². The molecular formula is C23H26N4O3. The summed E-state index contributed by atoms with van der Waals surface area (Å²) in [5, 5.41) is 7.43. The van der Waals surface area contributed by atoms with Gasteiger partial charge in [0, 0.05) is 24.5 Å². The number of methoxy groups -OCH3 is 2. The zero-order chi connectivity index (χ0) is 20.9. The van der Waals surface area contributed by atoms with Crippen molar-refractivity contribution in [3.05, 3.63) is 60.2 Å². The van der Waals surface area contributed by atoms with E-state index in [4.69, 9.17) is 9.47 Å². The molecule has 0 spiro atoms. The number of pyridine rings is 1. The minimum atomic E-state index is -0.0166. The van der Waals surface area contributed by atoms with Crippen LogP contribution in [0.25, 0.3) is 11.1 Å². The molecule has 1 aromatic carbocycles. The molecule has 1 fully saturated rings. The fraction of sp³-hybridized carbons (Fsp3) is 0.348. The molecule has 7 nitrogen and oxygen atoms in total. The summed E-state index contributed by atoms with van der Waals surface area (Å²) in [5.41, 5.74) is 3.96. The van der Waals surface area contributed by atoms with Gasteiger partial charge in [0.2, 0.25) is 5.91 Å². The van der Waals surface area contributed by atoms with Gasteiger partial charge in [-0.1, -0.05) is 6.07 Å². The number of aromatic amines is 1. The Bertz CT molecular complexity index is 1000. The average molecular weight is 406 g/mol. The third kappa shape index (κ3) is 4.01. The maximum Gasteiger partial charge on any atom is 0.227 e. The number of likely N-dealkylation sites (tertiary alicyclic amines) is 1. The Morgan fingerprint density at radius 1 is 1.13 bits per heavy atom. The number of nitrogens with zero attached hydrogens (tertiary/aromatic N) is 3. The lowest BCUT2D eigenvalue weighted by atomic mass is 9.94. The largest absolute Gasteiger partial charge is 0.493 e. The molecule has 3 aromatic rings. The van der Waals surface area contributed by atoms with Crippen LogP contribution in [0.3, 0.4) is 0 Å². The van der Waals surface area contributed by atoms with Gasteiger partial charge in [-0.2, -0.15) is 5.10 Å². The number of hydrogen-bond donors (Lipinski definition) is 1. The van der Waals surface area contributed by atoms with Crippen molar-refractivity contribution < 1.29 is 14.3 Å². The lowest BCUT2D eigenvalue weighted by Gasteiger charge is -2.36. The zero-order valence-corrected chi connectivity index (χ0v) is 17.3. The normalized spacial score (nSPS) is 16.3. The van der Waals surface area contributed by atoms with Crippen molar-refractivity contribution >= 4 is 5.91 Å². The number of benzene rings is 1. The van der Waals surface area contributed by atoms with Gasteiger partial charge < -0.3 is 14.4 Å². The second-order valence-electron chi connectivity index (χ2n) is 7.40. The first kappa shape index (κ1) is 19.9. The van der Waals surface area contributed by atoms with Crippen molar-refractivity contribution in [2.75, 3.05) is 20.8 Å². The number of nitrogens with one attached hydrogen (secondary N) is 1. The summed E-state index contributed by atoms with van der Waals surface area (Å²) >= 11 is 0. The number of ether oxygens (including phenoxy) is 2. The molecule has 1 saturated heterocycles. The molecule has 0 aliphatic carbocycles. The summed E-state index contributed by atoms with van der Waals surface area (Å²) in [5.74, 6) is 1.39. The Labute approximate surface area is 176 Å². The number of hydrogen-bond acceptors (Lipinski definition) is 5. The fourth-order valence-corrected chi connectivity index (χ4v) is 4.11. The van der Waals surface area contributed by atoms with Gasteiger partial charge in [-0.15, -0.1) is 0 Å². The maximum atomic E-state index is 13.3. The molecule has 0 saturated carbocycles. The molecule has 1 aliphatic rings. The smallest absolute Gasteiger partial charge is 0.227 e. The Balaban J connectivity index is 1.58. The second kappa shape index (κ2) is 8.98. The van der Waals surface area contributed by atoms with E-state index in [1.165, 1.54) is 0 Å². The number of rotatable bonds is 6. The molecule has 30 heavy (non-hydrogen) atoms. The van der Waals surface area contributed by atoms with Crippen LogP contribution >= 0.6 is 0 Å². The van der Waals surface area contributed by atoms with Crippen molar-refractivity contribution in [2.24, 2.45) is 0 Å². The number of carbonyl (C=O) groups excluding carboxylic acids is 1. The van der Waals surface area contributed by atoms with Gasteiger partial charge in [0.1, 0.15) is 0 Å². The summed E-state index contributed by atoms with van der Waals surface area (Å²) in [6.07, 6.45) is 8.69. The highest BCUT2D eigenvalue weighted by atomic mass is 16.5. The highest BCUT2D eigenvalue weighted by molar-refractivity contribution is 5.80. The van der Waals surface area contributed by atoms with Crippen LogP contribution in [-0.4, -0.2) is 46.8 Å². The predicted molar refractivity (Wildman–Crippen MR) is 113 cm³/mol. The molecule has 7 heteroatoms. The van der Waals surface area contributed by atoms with E-state index in [9.17, 15) is 4.79 Å². The maximum absolute atomic E-state index is 13.3. The van der Waals surface area contributed by atoms with Gasteiger partial charge in [0.15, 0.2) is 11.5 Å². The van der Waals surface area contributed by atoms with E-state index in [2.05, 4.69) is 15.2 Å². The lowest BCUT2D eigenvalue weighted by Crippen LogP contribution is -2.39. The van der Waals surface area contributed by atoms with Crippen molar-refractivity contribution in [2.45, 2.75) is 31.7 Å². The van der Waals surface area contributed by atoms with Gasteiger partial charge in [0.25, 0.3) is 0 Å². The van der Waals surface area contributed by atoms with Crippen LogP contribution in [0.2, 0.25) is 0 Å². The molecule has 1 N–H and O–H groups in total. The van der Waals surface area contributed by atoms with Gasteiger partial charge in [-0.3, -0.25) is 14.9 Å². The Kier molecular flexibility index (Phi) is 5.97. The molecule has 0 unspecified atom stereocenters. The van der Waals surface area contributed by atoms with Gasteiger partial charge in [-0.25, -0.2) is 0 Å². The highest BCUT2D eigenvalue weighted by Gasteiger charge is 2.31. The van der Waals surface area contributed by atoms with E-state index in [-0.39, 0.29) is 11.9 Å². The van der Waals surface area contributed by atoms with E-state index in [1.54, 1.807) is 26.6 Å². The van der Waals surface area contributed by atoms with Crippen LogP contribution in [0.5, 0.6) is 11.5 Å². The number of aromatic nitrogens is 3. The van der Waals surface area contributed by atoms with Crippen LogP contribution in [0.4, 0.5) is 0 Å². The van der Waals surface area contributed by atoms with Crippen LogP contribution in [0.1, 0.15) is 36.6 Å². The molecule has 0 bridgehead atoms. The van der Waals surface area contributed by atoms with Crippen molar-refractivity contribution in [3.63, 3.8) is 0 Å².